The summed E-state index contributed by atoms with van der Waals surface area (Å²) in [5, 5.41) is 9.03. The molecule has 0 spiro atoms. The quantitative estimate of drug-likeness (QED) is 0.656. The van der Waals surface area contributed by atoms with Crippen molar-refractivity contribution in [2.24, 2.45) is 0 Å². The lowest BCUT2D eigenvalue weighted by atomic mass is 9.94. The summed E-state index contributed by atoms with van der Waals surface area (Å²) in [6.45, 7) is 8.97. The Morgan fingerprint density at radius 2 is 2.17 bits per heavy atom. The van der Waals surface area contributed by atoms with Crippen LogP contribution in [0, 0.1) is 0 Å². The lowest BCUT2D eigenvalue weighted by Gasteiger charge is -2.13. The van der Waals surface area contributed by atoms with Crippen molar-refractivity contribution in [3.05, 3.63) is 48.3 Å². The van der Waals surface area contributed by atoms with Gasteiger partial charge in [0, 0.05) is 5.41 Å². The molecule has 0 aliphatic heterocycles. The highest BCUT2D eigenvalue weighted by atomic mass is 32.2. The first-order valence-corrected chi connectivity index (χ1v) is 8.34. The molecule has 0 aliphatic rings. The molecule has 0 saturated carbocycles. The molecule has 6 nitrogen and oxygen atoms in total. The van der Waals surface area contributed by atoms with Gasteiger partial charge in [0.2, 0.25) is 5.89 Å². The second kappa shape index (κ2) is 6.23. The van der Waals surface area contributed by atoms with Crippen molar-refractivity contribution in [2.45, 2.75) is 50.1 Å². The third-order valence-corrected chi connectivity index (χ3v) is 4.46. The summed E-state index contributed by atoms with van der Waals surface area (Å²) in [4.78, 5) is 4.41. The molecule has 0 radical (unpaired) electrons. The van der Waals surface area contributed by atoms with Crippen molar-refractivity contribution in [3.63, 3.8) is 0 Å². The normalized spacial score (nSPS) is 13.4. The van der Waals surface area contributed by atoms with Crippen molar-refractivity contribution in [1.82, 2.24) is 19.7 Å². The van der Waals surface area contributed by atoms with E-state index in [2.05, 4.69) is 42.9 Å². The van der Waals surface area contributed by atoms with Gasteiger partial charge in [0.1, 0.15) is 17.8 Å². The highest BCUT2D eigenvalue weighted by molar-refractivity contribution is 7.99. The SMILES string of the molecule is CC(Sc1nncn1Cc1ccco1)c1ncc(C(C)(C)C)o1. The van der Waals surface area contributed by atoms with Gasteiger partial charge in [-0.1, -0.05) is 32.5 Å². The molecule has 0 N–H and O–H groups in total. The Balaban J connectivity index is 1.72. The minimum atomic E-state index is -0.0467. The summed E-state index contributed by atoms with van der Waals surface area (Å²) in [6, 6.07) is 3.80. The summed E-state index contributed by atoms with van der Waals surface area (Å²) in [5.74, 6) is 2.45. The van der Waals surface area contributed by atoms with E-state index in [1.54, 1.807) is 30.5 Å². The molecule has 122 valence electrons. The van der Waals surface area contributed by atoms with E-state index in [9.17, 15) is 0 Å². The van der Waals surface area contributed by atoms with Crippen LogP contribution in [0.5, 0.6) is 0 Å². The summed E-state index contributed by atoms with van der Waals surface area (Å²) in [5.41, 5.74) is -0.0467. The maximum Gasteiger partial charge on any atom is 0.207 e. The molecule has 3 heterocycles. The molecule has 1 atom stereocenters. The van der Waals surface area contributed by atoms with Crippen LogP contribution in [-0.4, -0.2) is 19.7 Å². The zero-order chi connectivity index (χ0) is 16.4. The van der Waals surface area contributed by atoms with Crippen LogP contribution in [0.1, 0.15) is 50.4 Å². The van der Waals surface area contributed by atoms with E-state index in [1.165, 1.54) is 0 Å². The van der Waals surface area contributed by atoms with E-state index < -0.39 is 0 Å². The minimum absolute atomic E-state index is 0.0467. The zero-order valence-corrected chi connectivity index (χ0v) is 14.5. The van der Waals surface area contributed by atoms with Gasteiger partial charge in [0.25, 0.3) is 0 Å². The fourth-order valence-electron chi connectivity index (χ4n) is 2.05. The Hall–Kier alpha value is -2.02. The van der Waals surface area contributed by atoms with Crippen molar-refractivity contribution in [3.8, 4) is 0 Å². The van der Waals surface area contributed by atoms with Gasteiger partial charge in [0.05, 0.1) is 24.3 Å². The van der Waals surface area contributed by atoms with Crippen LogP contribution in [0.4, 0.5) is 0 Å². The van der Waals surface area contributed by atoms with E-state index in [4.69, 9.17) is 8.83 Å². The van der Waals surface area contributed by atoms with E-state index in [-0.39, 0.29) is 10.7 Å². The first-order chi connectivity index (χ1) is 10.9. The number of thioether (sulfide) groups is 1. The Morgan fingerprint density at radius 3 is 2.83 bits per heavy atom. The van der Waals surface area contributed by atoms with Crippen LogP contribution in [0.25, 0.3) is 0 Å². The topological polar surface area (TPSA) is 69.9 Å². The molecule has 23 heavy (non-hydrogen) atoms. The Morgan fingerprint density at radius 1 is 1.35 bits per heavy atom. The predicted molar refractivity (Wildman–Crippen MR) is 87.3 cm³/mol. The average molecular weight is 332 g/mol. The fourth-order valence-corrected chi connectivity index (χ4v) is 2.91. The van der Waals surface area contributed by atoms with E-state index in [0.29, 0.717) is 12.4 Å². The van der Waals surface area contributed by atoms with Crippen molar-refractivity contribution >= 4 is 11.8 Å². The first kappa shape index (κ1) is 15.9. The van der Waals surface area contributed by atoms with E-state index >= 15 is 0 Å². The molecule has 0 amide bonds. The molecule has 7 heteroatoms. The van der Waals surface area contributed by atoms with Gasteiger partial charge in [-0.3, -0.25) is 0 Å². The summed E-state index contributed by atoms with van der Waals surface area (Å²) in [7, 11) is 0. The third kappa shape index (κ3) is 3.67. The number of oxazole rings is 1. The molecular formula is C16H20N4O2S. The Bertz CT molecular complexity index is 755. The monoisotopic (exact) mass is 332 g/mol. The number of hydrogen-bond acceptors (Lipinski definition) is 6. The van der Waals surface area contributed by atoms with Crippen molar-refractivity contribution in [2.75, 3.05) is 0 Å². The van der Waals surface area contributed by atoms with Crippen LogP contribution < -0.4 is 0 Å². The van der Waals surface area contributed by atoms with Crippen LogP contribution in [-0.2, 0) is 12.0 Å². The second-order valence-corrected chi connectivity index (χ2v) is 7.70. The fraction of sp³-hybridized carbons (Fsp3) is 0.438. The smallest absolute Gasteiger partial charge is 0.207 e. The predicted octanol–water partition coefficient (Wildman–Crippen LogP) is 4.06. The largest absolute Gasteiger partial charge is 0.467 e. The molecule has 1 unspecified atom stereocenters. The van der Waals surface area contributed by atoms with E-state index in [0.717, 1.165) is 16.7 Å². The highest BCUT2D eigenvalue weighted by Crippen LogP contribution is 2.35. The zero-order valence-electron chi connectivity index (χ0n) is 13.7. The van der Waals surface area contributed by atoms with Gasteiger partial charge < -0.3 is 13.4 Å². The molecule has 3 aromatic rings. The molecule has 3 rings (SSSR count). The molecule has 0 saturated heterocycles. The lowest BCUT2D eigenvalue weighted by molar-refractivity contribution is 0.383. The molecule has 0 aromatic carbocycles. The average Bonchev–Trinajstić information content (AvgIpc) is 3.20. The molecule has 0 aliphatic carbocycles. The number of rotatable bonds is 5. The van der Waals surface area contributed by atoms with Gasteiger partial charge in [-0.25, -0.2) is 4.98 Å². The standard InChI is InChI=1S/C16H20N4O2S/c1-11(14-17-8-13(22-14)16(2,3)4)23-15-19-18-10-20(15)9-12-6-5-7-21-12/h5-8,10-11H,9H2,1-4H3. The van der Waals surface area contributed by atoms with Crippen molar-refractivity contribution in [1.29, 1.82) is 0 Å². The molecule has 3 aromatic heterocycles. The summed E-state index contributed by atoms with van der Waals surface area (Å²) in [6.07, 6.45) is 5.17. The maximum atomic E-state index is 5.90. The first-order valence-electron chi connectivity index (χ1n) is 7.46. The second-order valence-electron chi connectivity index (χ2n) is 6.39. The lowest BCUT2D eigenvalue weighted by Crippen LogP contribution is -2.09. The van der Waals surface area contributed by atoms with Gasteiger partial charge in [-0.15, -0.1) is 10.2 Å². The Labute approximate surface area is 139 Å². The number of nitrogens with zero attached hydrogens (tertiary/aromatic N) is 4. The van der Waals surface area contributed by atoms with Gasteiger partial charge in [-0.05, 0) is 19.1 Å². The van der Waals surface area contributed by atoms with Crippen LogP contribution >= 0.6 is 11.8 Å². The number of aromatic nitrogens is 4. The minimum Gasteiger partial charge on any atom is -0.467 e. The highest BCUT2D eigenvalue weighted by Gasteiger charge is 2.23. The van der Waals surface area contributed by atoms with Gasteiger partial charge in [0.15, 0.2) is 5.16 Å². The molecular weight excluding hydrogens is 312 g/mol. The Kier molecular flexibility index (Phi) is 4.30. The van der Waals surface area contributed by atoms with Crippen LogP contribution in [0.15, 0.2) is 44.9 Å². The van der Waals surface area contributed by atoms with E-state index in [1.807, 2.05) is 16.7 Å². The number of hydrogen-bond donors (Lipinski definition) is 0. The molecule has 0 bridgehead atoms. The van der Waals surface area contributed by atoms with Gasteiger partial charge in [-0.2, -0.15) is 0 Å². The third-order valence-electron chi connectivity index (χ3n) is 3.38. The maximum absolute atomic E-state index is 5.90. The van der Waals surface area contributed by atoms with Crippen molar-refractivity contribution < 1.29 is 8.83 Å². The molecule has 0 fully saturated rings. The van der Waals surface area contributed by atoms with Crippen LogP contribution in [0.2, 0.25) is 0 Å². The van der Waals surface area contributed by atoms with Gasteiger partial charge >= 0.3 is 0 Å². The number of furan rings is 1. The summed E-state index contributed by atoms with van der Waals surface area (Å²) < 4.78 is 13.2. The van der Waals surface area contributed by atoms with Crippen LogP contribution in [0.3, 0.4) is 0 Å². The summed E-state index contributed by atoms with van der Waals surface area (Å²) >= 11 is 1.57.